The molecule has 1 aliphatic rings. The summed E-state index contributed by atoms with van der Waals surface area (Å²) in [7, 11) is 0. The fourth-order valence-electron chi connectivity index (χ4n) is 2.38. The lowest BCUT2D eigenvalue weighted by atomic mass is 9.82. The molecule has 2 nitrogen and oxygen atoms in total. The van der Waals surface area contributed by atoms with E-state index >= 15 is 0 Å². The van der Waals surface area contributed by atoms with Crippen LogP contribution in [0.15, 0.2) is 22.7 Å². The molecule has 1 heterocycles. The van der Waals surface area contributed by atoms with E-state index in [1.54, 1.807) is 0 Å². The lowest BCUT2D eigenvalue weighted by Crippen LogP contribution is -2.32. The number of ether oxygens (including phenoxy) is 1. The van der Waals surface area contributed by atoms with Crippen LogP contribution in [-0.4, -0.2) is 13.2 Å². The van der Waals surface area contributed by atoms with Crippen molar-refractivity contribution < 1.29 is 4.74 Å². The molecule has 3 heteroatoms. The van der Waals surface area contributed by atoms with Gasteiger partial charge >= 0.3 is 0 Å². The average Bonchev–Trinajstić information content (AvgIpc) is 2.56. The van der Waals surface area contributed by atoms with Crippen LogP contribution in [0.4, 0.5) is 0 Å². The molecule has 2 unspecified atom stereocenters. The van der Waals surface area contributed by atoms with Gasteiger partial charge in [0.25, 0.3) is 0 Å². The van der Waals surface area contributed by atoms with Crippen LogP contribution in [0.25, 0.3) is 0 Å². The first kappa shape index (κ1) is 15.8. The monoisotopic (exact) mass is 339 g/mol. The van der Waals surface area contributed by atoms with Crippen molar-refractivity contribution in [2.75, 3.05) is 13.2 Å². The molecule has 0 bridgehead atoms. The summed E-state index contributed by atoms with van der Waals surface area (Å²) in [6.45, 7) is 11.1. The van der Waals surface area contributed by atoms with Crippen LogP contribution in [0.3, 0.4) is 0 Å². The van der Waals surface area contributed by atoms with Crippen LogP contribution < -0.4 is 10.1 Å². The molecular formula is C17H26BrNO. The molecule has 0 radical (unpaired) electrons. The van der Waals surface area contributed by atoms with Crippen LogP contribution in [0.2, 0.25) is 0 Å². The molecule has 2 atom stereocenters. The Balaban J connectivity index is 2.09. The Morgan fingerprint density at radius 2 is 2.15 bits per heavy atom. The summed E-state index contributed by atoms with van der Waals surface area (Å²) in [4.78, 5) is 0. The van der Waals surface area contributed by atoms with Crippen LogP contribution in [-0.2, 0) is 0 Å². The highest BCUT2D eigenvalue weighted by atomic mass is 79.9. The number of hydrogen-bond acceptors (Lipinski definition) is 2. The van der Waals surface area contributed by atoms with Crippen molar-refractivity contribution in [2.24, 2.45) is 11.3 Å². The van der Waals surface area contributed by atoms with Gasteiger partial charge in [-0.1, -0.05) is 49.7 Å². The zero-order valence-corrected chi connectivity index (χ0v) is 14.6. The number of halogens is 1. The van der Waals surface area contributed by atoms with Gasteiger partial charge in [0, 0.05) is 16.1 Å². The summed E-state index contributed by atoms with van der Waals surface area (Å²) in [6, 6.07) is 6.78. The molecule has 2 rings (SSSR count). The molecule has 20 heavy (non-hydrogen) atoms. The zero-order valence-electron chi connectivity index (χ0n) is 13.0. The van der Waals surface area contributed by atoms with Crippen molar-refractivity contribution in [1.29, 1.82) is 0 Å². The van der Waals surface area contributed by atoms with E-state index in [1.165, 1.54) is 5.56 Å². The van der Waals surface area contributed by atoms with E-state index < -0.39 is 0 Å². The van der Waals surface area contributed by atoms with E-state index in [9.17, 15) is 0 Å². The molecule has 0 saturated carbocycles. The van der Waals surface area contributed by atoms with E-state index in [4.69, 9.17) is 4.74 Å². The molecule has 1 aliphatic heterocycles. The van der Waals surface area contributed by atoms with E-state index in [1.807, 2.05) is 0 Å². The highest BCUT2D eigenvalue weighted by molar-refractivity contribution is 9.10. The van der Waals surface area contributed by atoms with Crippen LogP contribution in [0.1, 0.15) is 52.1 Å². The fourth-order valence-corrected chi connectivity index (χ4v) is 2.72. The number of hydrogen-bond donors (Lipinski definition) is 1. The van der Waals surface area contributed by atoms with Gasteiger partial charge < -0.3 is 10.1 Å². The Morgan fingerprint density at radius 1 is 1.40 bits per heavy atom. The number of fused-ring (bicyclic) bond motifs is 1. The van der Waals surface area contributed by atoms with Gasteiger partial charge in [-0.2, -0.15) is 0 Å². The first-order valence-electron chi connectivity index (χ1n) is 7.53. The van der Waals surface area contributed by atoms with E-state index in [0.717, 1.165) is 36.2 Å². The molecule has 0 spiro atoms. The van der Waals surface area contributed by atoms with Crippen LogP contribution >= 0.6 is 15.9 Å². The topological polar surface area (TPSA) is 21.3 Å². The Hall–Kier alpha value is -0.540. The fraction of sp³-hybridized carbons (Fsp3) is 0.647. The normalized spacial score (nSPS) is 20.8. The maximum atomic E-state index is 5.86. The second kappa shape index (κ2) is 6.48. The van der Waals surface area contributed by atoms with E-state index in [0.29, 0.717) is 17.4 Å². The van der Waals surface area contributed by atoms with Gasteiger partial charge in [-0.3, -0.25) is 0 Å². The second-order valence-electron chi connectivity index (χ2n) is 6.90. The smallest absolute Gasteiger partial charge is 0.125 e. The summed E-state index contributed by atoms with van der Waals surface area (Å²) in [5.41, 5.74) is 1.64. The van der Waals surface area contributed by atoms with E-state index in [-0.39, 0.29) is 0 Å². The average molecular weight is 340 g/mol. The van der Waals surface area contributed by atoms with Crippen molar-refractivity contribution in [2.45, 2.75) is 46.6 Å². The summed E-state index contributed by atoms with van der Waals surface area (Å²) >= 11 is 3.52. The minimum absolute atomic E-state index is 0.344. The van der Waals surface area contributed by atoms with Crippen molar-refractivity contribution in [3.63, 3.8) is 0 Å². The standard InChI is InChI=1S/C17H26BrNO/c1-12(17(2,3)4)11-19-15-6-5-9-20-16-10-13(18)7-8-14(15)16/h7-8,10,12,15,19H,5-6,9,11H2,1-4H3. The summed E-state index contributed by atoms with van der Waals surface area (Å²) in [6.07, 6.45) is 2.25. The molecule has 1 aromatic carbocycles. The lowest BCUT2D eigenvalue weighted by Gasteiger charge is -2.29. The van der Waals surface area contributed by atoms with Gasteiger partial charge in [-0.15, -0.1) is 0 Å². The number of nitrogens with one attached hydrogen (secondary N) is 1. The Morgan fingerprint density at radius 3 is 2.85 bits per heavy atom. The van der Waals surface area contributed by atoms with Crippen molar-refractivity contribution >= 4 is 15.9 Å². The predicted molar refractivity (Wildman–Crippen MR) is 88.2 cm³/mol. The van der Waals surface area contributed by atoms with Crippen molar-refractivity contribution in [1.82, 2.24) is 5.32 Å². The Bertz CT molecular complexity index is 453. The molecule has 0 fully saturated rings. The summed E-state index contributed by atoms with van der Waals surface area (Å²) < 4.78 is 6.95. The lowest BCUT2D eigenvalue weighted by molar-refractivity contribution is 0.243. The highest BCUT2D eigenvalue weighted by Gasteiger charge is 2.23. The summed E-state index contributed by atoms with van der Waals surface area (Å²) in [5, 5.41) is 3.75. The number of rotatable bonds is 3. The molecule has 1 aromatic rings. The van der Waals surface area contributed by atoms with Gasteiger partial charge in [0.15, 0.2) is 0 Å². The SMILES string of the molecule is CC(CNC1CCCOc2cc(Br)ccc21)C(C)(C)C. The van der Waals surface area contributed by atoms with Crippen molar-refractivity contribution in [3.8, 4) is 5.75 Å². The number of benzene rings is 1. The van der Waals surface area contributed by atoms with Crippen molar-refractivity contribution in [3.05, 3.63) is 28.2 Å². The maximum Gasteiger partial charge on any atom is 0.125 e. The third kappa shape index (κ3) is 3.98. The molecule has 0 amide bonds. The maximum absolute atomic E-state index is 5.86. The van der Waals surface area contributed by atoms with Gasteiger partial charge in [-0.25, -0.2) is 0 Å². The molecule has 1 N–H and O–H groups in total. The minimum atomic E-state index is 0.344. The predicted octanol–water partition coefficient (Wildman–Crippen LogP) is 4.93. The molecular weight excluding hydrogens is 314 g/mol. The van der Waals surface area contributed by atoms with Crippen LogP contribution in [0, 0.1) is 11.3 Å². The minimum Gasteiger partial charge on any atom is -0.493 e. The van der Waals surface area contributed by atoms with E-state index in [2.05, 4.69) is 67.1 Å². The van der Waals surface area contributed by atoms with Gasteiger partial charge in [-0.05, 0) is 42.9 Å². The highest BCUT2D eigenvalue weighted by Crippen LogP contribution is 2.34. The molecule has 0 aromatic heterocycles. The second-order valence-corrected chi connectivity index (χ2v) is 7.82. The Labute approximate surface area is 131 Å². The van der Waals surface area contributed by atoms with Gasteiger partial charge in [0.2, 0.25) is 0 Å². The van der Waals surface area contributed by atoms with Gasteiger partial charge in [0.1, 0.15) is 5.75 Å². The molecule has 0 saturated heterocycles. The third-order valence-corrected chi connectivity index (χ3v) is 4.89. The quantitative estimate of drug-likeness (QED) is 0.842. The first-order chi connectivity index (χ1) is 9.38. The molecule has 0 aliphatic carbocycles. The third-order valence-electron chi connectivity index (χ3n) is 4.39. The zero-order chi connectivity index (χ0) is 14.8. The van der Waals surface area contributed by atoms with Gasteiger partial charge in [0.05, 0.1) is 6.61 Å². The molecule has 112 valence electrons. The largest absolute Gasteiger partial charge is 0.493 e. The first-order valence-corrected chi connectivity index (χ1v) is 8.33. The summed E-state index contributed by atoms with van der Waals surface area (Å²) in [5.74, 6) is 1.67. The Kier molecular flexibility index (Phi) is 5.14. The van der Waals surface area contributed by atoms with Crippen LogP contribution in [0.5, 0.6) is 5.75 Å².